The Morgan fingerprint density at radius 3 is 0.909 bits per heavy atom. The van der Waals surface area contributed by atoms with Gasteiger partial charge in [0.15, 0.2) is 0 Å². The number of hydrogen-bond donors (Lipinski definition) is 0. The summed E-state index contributed by atoms with van der Waals surface area (Å²) in [6.45, 7) is 0. The molecular weight excluding hydrogens is 287 g/mol. The zero-order valence-electron chi connectivity index (χ0n) is 4.81. The van der Waals surface area contributed by atoms with E-state index in [0.717, 1.165) is 0 Å². The van der Waals surface area contributed by atoms with Crippen LogP contribution >= 0.6 is 0 Å². The maximum atomic E-state index is 8.52. The SMILES string of the molecule is O.O.O=S(=O)([O-])[O-].[Cl-].[Cl-].[Cu+2].[Mg+2]. The number of hydrogen-bond acceptors (Lipinski definition) is 4. The van der Waals surface area contributed by atoms with Crippen molar-refractivity contribution in [1.82, 2.24) is 0 Å². The van der Waals surface area contributed by atoms with Crippen LogP contribution in [0.4, 0.5) is 0 Å². The summed E-state index contributed by atoms with van der Waals surface area (Å²) >= 11 is 0. The van der Waals surface area contributed by atoms with E-state index in [4.69, 9.17) is 17.5 Å². The topological polar surface area (TPSA) is 143 Å². The van der Waals surface area contributed by atoms with E-state index in [1.165, 1.54) is 0 Å². The minimum Gasteiger partial charge on any atom is -1.00 e. The normalized spacial score (nSPS) is 5.27. The maximum absolute atomic E-state index is 8.52. The minimum absolute atomic E-state index is 0. The minimum atomic E-state index is -5.17. The predicted octanol–water partition coefficient (Wildman–Crippen LogP) is -9.36. The fourth-order valence-corrected chi connectivity index (χ4v) is 0. The first kappa shape index (κ1) is 53.8. The van der Waals surface area contributed by atoms with Gasteiger partial charge >= 0.3 is 40.1 Å². The largest absolute Gasteiger partial charge is 2.00 e. The molecule has 0 fully saturated rings. The van der Waals surface area contributed by atoms with E-state index in [1.54, 1.807) is 0 Å². The fourth-order valence-electron chi connectivity index (χ4n) is 0. The van der Waals surface area contributed by atoms with Crippen molar-refractivity contribution in [3.05, 3.63) is 0 Å². The van der Waals surface area contributed by atoms with E-state index in [2.05, 4.69) is 0 Å². The Bertz CT molecular complexity index is 104. The fraction of sp³-hybridized carbons (Fsp3) is 0. The Hall–Kier alpha value is 1.66. The Morgan fingerprint density at radius 2 is 0.909 bits per heavy atom. The summed E-state index contributed by atoms with van der Waals surface area (Å²) in [6.07, 6.45) is 0. The van der Waals surface area contributed by atoms with Crippen molar-refractivity contribution in [3.8, 4) is 0 Å². The number of rotatable bonds is 0. The van der Waals surface area contributed by atoms with Crippen LogP contribution in [-0.2, 0) is 27.5 Å². The molecule has 4 N–H and O–H groups in total. The Labute approximate surface area is 103 Å². The van der Waals surface area contributed by atoms with Crippen molar-refractivity contribution < 1.29 is 70.4 Å². The Balaban J connectivity index is -0.00000000533. The smallest absolute Gasteiger partial charge is 1.00 e. The summed E-state index contributed by atoms with van der Waals surface area (Å²) < 4.78 is 34.1. The molecule has 11 heavy (non-hydrogen) atoms. The molecule has 73 valence electrons. The second kappa shape index (κ2) is 22.6. The van der Waals surface area contributed by atoms with Gasteiger partial charge in [-0.2, -0.15) is 0 Å². The van der Waals surface area contributed by atoms with Gasteiger partial charge in [0.25, 0.3) is 0 Å². The molecule has 0 atom stereocenters. The molecule has 1 radical (unpaired) electrons. The van der Waals surface area contributed by atoms with Crippen molar-refractivity contribution in [3.63, 3.8) is 0 Å². The van der Waals surface area contributed by atoms with Crippen molar-refractivity contribution in [2.45, 2.75) is 0 Å². The second-order valence-corrected chi connectivity index (χ2v) is 1.22. The Kier molecular flexibility index (Phi) is 110. The van der Waals surface area contributed by atoms with Crippen LogP contribution in [0.2, 0.25) is 0 Å². The van der Waals surface area contributed by atoms with Crippen molar-refractivity contribution in [1.29, 1.82) is 0 Å². The Morgan fingerprint density at radius 1 is 0.909 bits per heavy atom. The molecule has 0 aromatic heterocycles. The van der Waals surface area contributed by atoms with E-state index in [1.807, 2.05) is 0 Å². The van der Waals surface area contributed by atoms with Gasteiger partial charge in [-0.25, -0.2) is 0 Å². The zero-order valence-corrected chi connectivity index (χ0v) is 9.49. The third-order valence-electron chi connectivity index (χ3n) is 0. The molecule has 0 aromatic rings. The second-order valence-electron chi connectivity index (χ2n) is 0.408. The van der Waals surface area contributed by atoms with Gasteiger partial charge in [-0.15, -0.1) is 0 Å². The molecule has 0 saturated heterocycles. The van der Waals surface area contributed by atoms with Crippen LogP contribution in [0, 0.1) is 0 Å². The van der Waals surface area contributed by atoms with E-state index in [0.29, 0.717) is 0 Å². The monoisotopic (exact) mass is 289 g/mol. The zero-order chi connectivity index (χ0) is 4.50. The first-order valence-corrected chi connectivity index (χ1v) is 2.00. The summed E-state index contributed by atoms with van der Waals surface area (Å²) in [4.78, 5) is 0. The standard InChI is InChI=1S/2ClH.Cu.Mg.H2O4S.2H2O/c;;;;1-5(2,3)4;;/h2*1H;;;(H2,1,2,3,4);2*1H2/q;;2*+2;;;/p-4. The summed E-state index contributed by atoms with van der Waals surface area (Å²) in [5.41, 5.74) is 0. The van der Waals surface area contributed by atoms with Crippen LogP contribution in [0.5, 0.6) is 0 Å². The van der Waals surface area contributed by atoms with E-state index < -0.39 is 10.4 Å². The summed E-state index contributed by atoms with van der Waals surface area (Å²) in [5.74, 6) is 0. The molecule has 0 aliphatic heterocycles. The molecule has 11 heteroatoms. The summed E-state index contributed by atoms with van der Waals surface area (Å²) in [5, 5.41) is 0. The molecule has 0 rings (SSSR count). The molecule has 0 spiro atoms. The third kappa shape index (κ3) is 396. The van der Waals surface area contributed by atoms with Crippen LogP contribution < -0.4 is 24.8 Å². The van der Waals surface area contributed by atoms with Gasteiger partial charge in [0.1, 0.15) is 0 Å². The van der Waals surface area contributed by atoms with E-state index in [9.17, 15) is 0 Å². The van der Waals surface area contributed by atoms with Crippen LogP contribution in [0.1, 0.15) is 0 Å². The molecule has 0 aliphatic rings. The van der Waals surface area contributed by atoms with Gasteiger partial charge in [-0.3, -0.25) is 8.42 Å². The van der Waals surface area contributed by atoms with Gasteiger partial charge in [-0.1, -0.05) is 0 Å². The van der Waals surface area contributed by atoms with Crippen molar-refractivity contribution in [2.24, 2.45) is 0 Å². The average molecular weight is 291 g/mol. The molecule has 0 saturated carbocycles. The van der Waals surface area contributed by atoms with Gasteiger partial charge < -0.3 is 44.9 Å². The van der Waals surface area contributed by atoms with Crippen molar-refractivity contribution >= 4 is 33.5 Å². The summed E-state index contributed by atoms with van der Waals surface area (Å²) in [7, 11) is -5.17. The van der Waals surface area contributed by atoms with Crippen LogP contribution in [0.3, 0.4) is 0 Å². The third-order valence-corrected chi connectivity index (χ3v) is 0. The molecule has 0 amide bonds. The maximum Gasteiger partial charge on any atom is 2.00 e. The molecule has 0 aromatic carbocycles. The van der Waals surface area contributed by atoms with E-state index >= 15 is 0 Å². The molecule has 6 nitrogen and oxygen atoms in total. The first-order chi connectivity index (χ1) is 2.00. The van der Waals surface area contributed by atoms with Gasteiger partial charge in [-0.05, 0) is 0 Å². The van der Waals surface area contributed by atoms with Crippen LogP contribution in [-0.4, -0.2) is 51.5 Å². The number of halogens is 2. The average Bonchev–Trinajstić information content (AvgIpc) is 0.722. The van der Waals surface area contributed by atoms with Gasteiger partial charge in [0.2, 0.25) is 0 Å². The van der Waals surface area contributed by atoms with Gasteiger partial charge in [0, 0.05) is 10.4 Å². The molecular formula is H4Cl2CuMgO6S. The van der Waals surface area contributed by atoms with Crippen LogP contribution in [0.15, 0.2) is 0 Å². The molecule has 0 aliphatic carbocycles. The summed E-state index contributed by atoms with van der Waals surface area (Å²) in [6, 6.07) is 0. The molecule has 0 heterocycles. The van der Waals surface area contributed by atoms with E-state index in [-0.39, 0.29) is 75.9 Å². The molecule has 0 unspecified atom stereocenters. The van der Waals surface area contributed by atoms with Gasteiger partial charge in [0.05, 0.1) is 0 Å². The van der Waals surface area contributed by atoms with Crippen molar-refractivity contribution in [2.75, 3.05) is 0 Å². The predicted molar refractivity (Wildman–Crippen MR) is 23.5 cm³/mol. The first-order valence-electron chi connectivity index (χ1n) is 0.667. The molecule has 0 bridgehead atoms. The van der Waals surface area contributed by atoms with Crippen LogP contribution in [0.25, 0.3) is 0 Å². The quantitative estimate of drug-likeness (QED) is 0.248.